The first kappa shape index (κ1) is 15.5. The Kier molecular flexibility index (Phi) is 6.50. The normalized spacial score (nSPS) is 21.2. The summed E-state index contributed by atoms with van der Waals surface area (Å²) in [5, 5.41) is 2.94. The minimum atomic E-state index is 0.167. The molecule has 5 nitrogen and oxygen atoms in total. The van der Waals surface area contributed by atoms with Crippen LogP contribution < -0.4 is 11.1 Å². The molecule has 1 aliphatic carbocycles. The zero-order valence-electron chi connectivity index (χ0n) is 12.1. The third-order valence-corrected chi connectivity index (χ3v) is 4.93. The largest absolute Gasteiger partial charge is 0.370 e. The number of rotatable bonds is 5. The maximum absolute atomic E-state index is 11.7. The average Bonchev–Trinajstić information content (AvgIpc) is 2.97. The topological polar surface area (TPSA) is 70.7 Å². The van der Waals surface area contributed by atoms with Crippen molar-refractivity contribution in [3.05, 3.63) is 0 Å². The highest BCUT2D eigenvalue weighted by molar-refractivity contribution is 7.99. The molecule has 1 saturated heterocycles. The van der Waals surface area contributed by atoms with Gasteiger partial charge in [0.1, 0.15) is 0 Å². The molecule has 2 fully saturated rings. The second-order valence-electron chi connectivity index (χ2n) is 5.54. The Labute approximate surface area is 125 Å². The molecule has 0 atom stereocenters. The lowest BCUT2D eigenvalue weighted by Crippen LogP contribution is -2.43. The highest BCUT2D eigenvalue weighted by atomic mass is 32.2. The zero-order valence-corrected chi connectivity index (χ0v) is 13.0. The molecule has 2 aliphatic rings. The van der Waals surface area contributed by atoms with Crippen LogP contribution in [0.3, 0.4) is 0 Å². The highest BCUT2D eigenvalue weighted by Gasteiger charge is 2.18. The number of nitrogens with two attached hydrogens (primary N) is 1. The Morgan fingerprint density at radius 2 is 2.00 bits per heavy atom. The van der Waals surface area contributed by atoms with Crippen molar-refractivity contribution < 1.29 is 4.79 Å². The number of amides is 1. The molecule has 20 heavy (non-hydrogen) atoms. The molecule has 6 heteroatoms. The number of nitrogens with one attached hydrogen (secondary N) is 1. The standard InChI is InChI=1S/C14H26N4OS/c15-14(18-7-9-20-10-8-18)17-6-5-16-13(19)11-12-3-1-2-4-12/h12H,1-11H2,(H2,15,17)(H,16,19). The van der Waals surface area contributed by atoms with E-state index in [-0.39, 0.29) is 5.91 Å². The lowest BCUT2D eigenvalue weighted by molar-refractivity contribution is -0.121. The number of hydrogen-bond donors (Lipinski definition) is 2. The van der Waals surface area contributed by atoms with Gasteiger partial charge in [-0.3, -0.25) is 9.79 Å². The summed E-state index contributed by atoms with van der Waals surface area (Å²) in [6.45, 7) is 3.13. The third kappa shape index (κ3) is 5.23. The van der Waals surface area contributed by atoms with E-state index in [1.807, 2.05) is 11.8 Å². The van der Waals surface area contributed by atoms with E-state index in [0.717, 1.165) is 24.6 Å². The summed E-state index contributed by atoms with van der Waals surface area (Å²) in [6, 6.07) is 0. The molecule has 0 bridgehead atoms. The summed E-state index contributed by atoms with van der Waals surface area (Å²) < 4.78 is 0. The van der Waals surface area contributed by atoms with Crippen LogP contribution in [0.15, 0.2) is 4.99 Å². The summed E-state index contributed by atoms with van der Waals surface area (Å²) in [4.78, 5) is 18.2. The maximum atomic E-state index is 11.7. The fraction of sp³-hybridized carbons (Fsp3) is 0.857. The second kappa shape index (κ2) is 8.39. The fourth-order valence-corrected chi connectivity index (χ4v) is 3.71. The molecule has 3 N–H and O–H groups in total. The molecule has 1 heterocycles. The fourth-order valence-electron chi connectivity index (χ4n) is 2.81. The molecule has 1 saturated carbocycles. The van der Waals surface area contributed by atoms with Crippen LogP contribution in [-0.4, -0.2) is 54.5 Å². The van der Waals surface area contributed by atoms with Crippen LogP contribution in [0.1, 0.15) is 32.1 Å². The van der Waals surface area contributed by atoms with Crippen molar-refractivity contribution >= 4 is 23.6 Å². The predicted molar refractivity (Wildman–Crippen MR) is 85.0 cm³/mol. The first-order valence-corrected chi connectivity index (χ1v) is 8.80. The van der Waals surface area contributed by atoms with Crippen molar-refractivity contribution in [2.75, 3.05) is 37.7 Å². The molecule has 1 amide bonds. The molecule has 0 aromatic carbocycles. The quantitative estimate of drug-likeness (QED) is 0.452. The van der Waals surface area contributed by atoms with Crippen molar-refractivity contribution in [1.29, 1.82) is 0 Å². The average molecular weight is 298 g/mol. The van der Waals surface area contributed by atoms with Gasteiger partial charge in [-0.05, 0) is 18.8 Å². The van der Waals surface area contributed by atoms with Crippen LogP contribution in [0, 0.1) is 5.92 Å². The van der Waals surface area contributed by atoms with Gasteiger partial charge in [-0.15, -0.1) is 0 Å². The van der Waals surface area contributed by atoms with Gasteiger partial charge in [0.25, 0.3) is 0 Å². The van der Waals surface area contributed by atoms with E-state index in [0.29, 0.717) is 31.4 Å². The van der Waals surface area contributed by atoms with Gasteiger partial charge >= 0.3 is 0 Å². The summed E-state index contributed by atoms with van der Waals surface area (Å²) in [7, 11) is 0. The van der Waals surface area contributed by atoms with Crippen molar-refractivity contribution in [1.82, 2.24) is 10.2 Å². The zero-order chi connectivity index (χ0) is 14.2. The smallest absolute Gasteiger partial charge is 0.220 e. The van der Waals surface area contributed by atoms with Crippen LogP contribution in [0.4, 0.5) is 0 Å². The number of nitrogens with zero attached hydrogens (tertiary/aromatic N) is 2. The SMILES string of the molecule is NC(=NCCNC(=O)CC1CCCC1)N1CCSCC1. The lowest BCUT2D eigenvalue weighted by atomic mass is 10.0. The molecule has 0 aromatic heterocycles. The summed E-state index contributed by atoms with van der Waals surface area (Å²) in [5.41, 5.74) is 5.95. The first-order chi connectivity index (χ1) is 9.75. The van der Waals surface area contributed by atoms with Crippen LogP contribution in [-0.2, 0) is 4.79 Å². The number of guanidine groups is 1. The Bertz CT molecular complexity index is 336. The van der Waals surface area contributed by atoms with Crippen molar-refractivity contribution in [3.63, 3.8) is 0 Å². The summed E-state index contributed by atoms with van der Waals surface area (Å²) in [6.07, 6.45) is 5.68. The lowest BCUT2D eigenvalue weighted by Gasteiger charge is -2.27. The van der Waals surface area contributed by atoms with E-state index in [1.54, 1.807) is 0 Å². The molecule has 0 unspecified atom stereocenters. The minimum absolute atomic E-state index is 0.167. The minimum Gasteiger partial charge on any atom is -0.370 e. The molecular formula is C14H26N4OS. The Morgan fingerprint density at radius 1 is 1.30 bits per heavy atom. The van der Waals surface area contributed by atoms with Gasteiger partial charge in [0.2, 0.25) is 5.91 Å². The number of carbonyl (C=O) groups excluding carboxylic acids is 1. The first-order valence-electron chi connectivity index (χ1n) is 7.65. The van der Waals surface area contributed by atoms with Crippen LogP contribution in [0.25, 0.3) is 0 Å². The van der Waals surface area contributed by atoms with Gasteiger partial charge < -0.3 is 16.0 Å². The molecule has 0 radical (unpaired) electrons. The van der Waals surface area contributed by atoms with Gasteiger partial charge in [0.15, 0.2) is 5.96 Å². The number of thioether (sulfide) groups is 1. The van der Waals surface area contributed by atoms with E-state index in [1.165, 1.54) is 25.7 Å². The van der Waals surface area contributed by atoms with Gasteiger partial charge in [0, 0.05) is 37.6 Å². The van der Waals surface area contributed by atoms with Crippen molar-refractivity contribution in [2.45, 2.75) is 32.1 Å². The molecule has 1 aliphatic heterocycles. The Hall–Kier alpha value is -0.910. The maximum Gasteiger partial charge on any atom is 0.220 e. The van der Waals surface area contributed by atoms with Gasteiger partial charge in [0.05, 0.1) is 6.54 Å². The van der Waals surface area contributed by atoms with Crippen LogP contribution in [0.2, 0.25) is 0 Å². The number of hydrogen-bond acceptors (Lipinski definition) is 3. The monoisotopic (exact) mass is 298 g/mol. The summed E-state index contributed by atoms with van der Waals surface area (Å²) >= 11 is 1.95. The van der Waals surface area contributed by atoms with E-state index in [4.69, 9.17) is 5.73 Å². The van der Waals surface area contributed by atoms with Gasteiger partial charge in [-0.1, -0.05) is 12.8 Å². The van der Waals surface area contributed by atoms with Crippen molar-refractivity contribution in [3.8, 4) is 0 Å². The van der Waals surface area contributed by atoms with E-state index >= 15 is 0 Å². The predicted octanol–water partition coefficient (Wildman–Crippen LogP) is 1.05. The molecular weight excluding hydrogens is 272 g/mol. The van der Waals surface area contributed by atoms with E-state index in [2.05, 4.69) is 15.2 Å². The number of carbonyl (C=O) groups is 1. The molecule has 0 aromatic rings. The highest BCUT2D eigenvalue weighted by Crippen LogP contribution is 2.27. The Balaban J connectivity index is 1.58. The molecule has 114 valence electrons. The summed E-state index contributed by atoms with van der Waals surface area (Å²) in [5.74, 6) is 3.63. The molecule has 0 spiro atoms. The van der Waals surface area contributed by atoms with Crippen LogP contribution in [0.5, 0.6) is 0 Å². The van der Waals surface area contributed by atoms with Crippen molar-refractivity contribution in [2.24, 2.45) is 16.6 Å². The van der Waals surface area contributed by atoms with Gasteiger partial charge in [-0.2, -0.15) is 11.8 Å². The molecule has 2 rings (SSSR count). The van der Waals surface area contributed by atoms with E-state index < -0.39 is 0 Å². The third-order valence-electron chi connectivity index (χ3n) is 3.99. The second-order valence-corrected chi connectivity index (χ2v) is 6.77. The Morgan fingerprint density at radius 3 is 2.70 bits per heavy atom. The van der Waals surface area contributed by atoms with Crippen LogP contribution >= 0.6 is 11.8 Å². The van der Waals surface area contributed by atoms with Gasteiger partial charge in [-0.25, -0.2) is 0 Å². The number of aliphatic imine (C=N–C) groups is 1. The van der Waals surface area contributed by atoms with E-state index in [9.17, 15) is 4.79 Å².